The Balaban J connectivity index is 1.62. The minimum Gasteiger partial charge on any atom is -0.350 e. The predicted molar refractivity (Wildman–Crippen MR) is 86.5 cm³/mol. The molecular weight excluding hydrogens is 274 g/mol. The number of carbonyl (C=O) groups excluding carboxylic acids is 1. The molecule has 3 rings (SSSR count). The number of aryl methyl sites for hydroxylation is 1. The summed E-state index contributed by atoms with van der Waals surface area (Å²) in [6.07, 6.45) is 3.32. The normalized spacial score (nSPS) is 15.5. The Kier molecular flexibility index (Phi) is 4.27. The molecule has 1 saturated carbocycles. The van der Waals surface area contributed by atoms with Crippen molar-refractivity contribution in [2.45, 2.75) is 44.6 Å². The second-order valence-electron chi connectivity index (χ2n) is 6.05. The van der Waals surface area contributed by atoms with E-state index in [4.69, 9.17) is 0 Å². The van der Waals surface area contributed by atoms with Gasteiger partial charge >= 0.3 is 0 Å². The van der Waals surface area contributed by atoms with Crippen LogP contribution in [-0.2, 0) is 18.4 Å². The second-order valence-corrected chi connectivity index (χ2v) is 6.05. The zero-order valence-corrected chi connectivity index (χ0v) is 13.2. The molecule has 1 unspecified atom stereocenters. The number of hydrogen-bond acceptors (Lipinski definition) is 2. The summed E-state index contributed by atoms with van der Waals surface area (Å²) in [6.45, 7) is 2.55. The predicted octanol–water partition coefficient (Wildman–Crippen LogP) is 3.11. The second kappa shape index (κ2) is 6.34. The number of rotatable bonds is 6. The summed E-state index contributed by atoms with van der Waals surface area (Å²) >= 11 is 0. The van der Waals surface area contributed by atoms with E-state index < -0.39 is 0 Å². The van der Waals surface area contributed by atoms with Crippen molar-refractivity contribution in [3.05, 3.63) is 53.3 Å². The lowest BCUT2D eigenvalue weighted by Crippen LogP contribution is -2.28. The zero-order chi connectivity index (χ0) is 15.5. The molecule has 0 radical (unpaired) electrons. The highest BCUT2D eigenvalue weighted by molar-refractivity contribution is 5.83. The summed E-state index contributed by atoms with van der Waals surface area (Å²) in [6, 6.07) is 12.1. The molecule has 4 nitrogen and oxygen atoms in total. The quantitative estimate of drug-likeness (QED) is 0.890. The van der Waals surface area contributed by atoms with Crippen molar-refractivity contribution in [1.29, 1.82) is 0 Å². The van der Waals surface area contributed by atoms with Crippen LogP contribution in [0.3, 0.4) is 0 Å². The zero-order valence-electron chi connectivity index (χ0n) is 13.2. The standard InChI is InChI=1S/C18H23N3O/c1-3-16(13-7-5-4-6-8-13)18(22)19-12-15-11-17(14-9-10-14)21(2)20-15/h4-8,11,14,16H,3,9-10,12H2,1-2H3,(H,19,22). The van der Waals surface area contributed by atoms with Crippen molar-refractivity contribution < 1.29 is 4.79 Å². The summed E-state index contributed by atoms with van der Waals surface area (Å²) in [5.41, 5.74) is 3.31. The smallest absolute Gasteiger partial charge is 0.227 e. The summed E-state index contributed by atoms with van der Waals surface area (Å²) in [4.78, 5) is 12.4. The Morgan fingerprint density at radius 2 is 2.09 bits per heavy atom. The van der Waals surface area contributed by atoms with E-state index in [0.717, 1.165) is 17.7 Å². The fourth-order valence-corrected chi connectivity index (χ4v) is 2.95. The van der Waals surface area contributed by atoms with Gasteiger partial charge in [-0.2, -0.15) is 5.10 Å². The van der Waals surface area contributed by atoms with Crippen molar-refractivity contribution >= 4 is 5.91 Å². The van der Waals surface area contributed by atoms with E-state index in [1.165, 1.54) is 18.5 Å². The van der Waals surface area contributed by atoms with Crippen LogP contribution >= 0.6 is 0 Å². The van der Waals surface area contributed by atoms with E-state index in [9.17, 15) is 4.79 Å². The molecule has 1 aromatic carbocycles. The van der Waals surface area contributed by atoms with Crippen LogP contribution in [0.1, 0.15) is 55.0 Å². The van der Waals surface area contributed by atoms with Gasteiger partial charge in [-0.1, -0.05) is 37.3 Å². The van der Waals surface area contributed by atoms with Gasteiger partial charge in [-0.3, -0.25) is 9.48 Å². The van der Waals surface area contributed by atoms with Gasteiger partial charge in [0.25, 0.3) is 0 Å². The number of nitrogens with zero attached hydrogens (tertiary/aromatic N) is 2. The van der Waals surface area contributed by atoms with Crippen LogP contribution in [0.15, 0.2) is 36.4 Å². The van der Waals surface area contributed by atoms with Crippen LogP contribution in [0.4, 0.5) is 0 Å². The molecule has 1 atom stereocenters. The molecule has 116 valence electrons. The molecule has 22 heavy (non-hydrogen) atoms. The van der Waals surface area contributed by atoms with Crippen LogP contribution in [0.5, 0.6) is 0 Å². The summed E-state index contributed by atoms with van der Waals surface area (Å²) in [5, 5.41) is 7.54. The molecule has 0 aliphatic heterocycles. The van der Waals surface area contributed by atoms with Crippen molar-refractivity contribution in [2.24, 2.45) is 7.05 Å². The third kappa shape index (κ3) is 3.21. The summed E-state index contributed by atoms with van der Waals surface area (Å²) in [5.74, 6) is 0.662. The van der Waals surface area contributed by atoms with Crippen LogP contribution in [0, 0.1) is 0 Å². The first-order valence-electron chi connectivity index (χ1n) is 8.04. The Morgan fingerprint density at radius 3 is 2.73 bits per heavy atom. The Labute approximate surface area is 131 Å². The van der Waals surface area contributed by atoms with Crippen molar-refractivity contribution in [1.82, 2.24) is 15.1 Å². The van der Waals surface area contributed by atoms with E-state index in [1.807, 2.05) is 49.0 Å². The Bertz CT molecular complexity index is 644. The molecule has 0 bridgehead atoms. The highest BCUT2D eigenvalue weighted by atomic mass is 16.1. The highest BCUT2D eigenvalue weighted by Gasteiger charge is 2.27. The minimum atomic E-state index is -0.0900. The number of amides is 1. The SMILES string of the molecule is CCC(C(=O)NCc1cc(C2CC2)n(C)n1)c1ccccc1. The molecule has 0 saturated heterocycles. The van der Waals surface area contributed by atoms with E-state index in [1.54, 1.807) is 0 Å². The van der Waals surface area contributed by atoms with Gasteiger partial charge in [-0.25, -0.2) is 0 Å². The monoisotopic (exact) mass is 297 g/mol. The maximum absolute atomic E-state index is 12.4. The number of carbonyl (C=O) groups is 1. The van der Waals surface area contributed by atoms with E-state index in [-0.39, 0.29) is 11.8 Å². The van der Waals surface area contributed by atoms with Crippen molar-refractivity contribution in [2.75, 3.05) is 0 Å². The number of aromatic nitrogens is 2. The molecule has 1 aliphatic carbocycles. The van der Waals surface area contributed by atoms with Crippen LogP contribution in [-0.4, -0.2) is 15.7 Å². The first-order valence-corrected chi connectivity index (χ1v) is 8.04. The third-order valence-corrected chi connectivity index (χ3v) is 4.33. The van der Waals surface area contributed by atoms with Gasteiger partial charge < -0.3 is 5.32 Å². The average Bonchev–Trinajstić information content (AvgIpc) is 3.30. The number of benzene rings is 1. The number of hydrogen-bond donors (Lipinski definition) is 1. The Morgan fingerprint density at radius 1 is 1.36 bits per heavy atom. The first-order chi connectivity index (χ1) is 10.7. The molecule has 1 fully saturated rings. The molecule has 4 heteroatoms. The summed E-state index contributed by atoms with van der Waals surface area (Å²) in [7, 11) is 1.98. The van der Waals surface area contributed by atoms with Crippen LogP contribution in [0.2, 0.25) is 0 Å². The van der Waals surface area contributed by atoms with Gasteiger partial charge in [0.15, 0.2) is 0 Å². The van der Waals surface area contributed by atoms with Gasteiger partial charge in [-0.05, 0) is 30.9 Å². The van der Waals surface area contributed by atoms with Crippen LogP contribution < -0.4 is 5.32 Å². The minimum absolute atomic E-state index is 0.0762. The highest BCUT2D eigenvalue weighted by Crippen LogP contribution is 2.39. The lowest BCUT2D eigenvalue weighted by molar-refractivity contribution is -0.122. The topological polar surface area (TPSA) is 46.9 Å². The van der Waals surface area contributed by atoms with Gasteiger partial charge in [0, 0.05) is 18.7 Å². The molecule has 1 heterocycles. The van der Waals surface area contributed by atoms with Crippen LogP contribution in [0.25, 0.3) is 0 Å². The van der Waals surface area contributed by atoms with E-state index >= 15 is 0 Å². The van der Waals surface area contributed by atoms with Gasteiger partial charge in [-0.15, -0.1) is 0 Å². The average molecular weight is 297 g/mol. The van der Waals surface area contributed by atoms with Gasteiger partial charge in [0.1, 0.15) is 0 Å². The third-order valence-electron chi connectivity index (χ3n) is 4.33. The summed E-state index contributed by atoms with van der Waals surface area (Å²) < 4.78 is 1.95. The lowest BCUT2D eigenvalue weighted by atomic mass is 9.96. The van der Waals surface area contributed by atoms with Gasteiger partial charge in [0.05, 0.1) is 18.2 Å². The lowest BCUT2D eigenvalue weighted by Gasteiger charge is -2.14. The first kappa shape index (κ1) is 14.8. The maximum atomic E-state index is 12.4. The fourth-order valence-electron chi connectivity index (χ4n) is 2.95. The van der Waals surface area contributed by atoms with Crippen molar-refractivity contribution in [3.8, 4) is 0 Å². The molecule has 1 N–H and O–H groups in total. The molecule has 2 aromatic rings. The van der Waals surface area contributed by atoms with E-state index in [2.05, 4.69) is 16.5 Å². The van der Waals surface area contributed by atoms with Crippen molar-refractivity contribution in [3.63, 3.8) is 0 Å². The molecule has 1 amide bonds. The van der Waals surface area contributed by atoms with E-state index in [0.29, 0.717) is 12.5 Å². The molecule has 1 aliphatic rings. The molecule has 0 spiro atoms. The Hall–Kier alpha value is -2.10. The molecular formula is C18H23N3O. The fraction of sp³-hybridized carbons (Fsp3) is 0.444. The maximum Gasteiger partial charge on any atom is 0.227 e. The largest absolute Gasteiger partial charge is 0.350 e. The van der Waals surface area contributed by atoms with Gasteiger partial charge in [0.2, 0.25) is 5.91 Å². The number of nitrogens with one attached hydrogen (secondary N) is 1. The molecule has 1 aromatic heterocycles.